The molecule has 3 rings (SSSR count). The summed E-state index contributed by atoms with van der Waals surface area (Å²) in [7, 11) is 0. The first-order valence-electron chi connectivity index (χ1n) is 6.25. The maximum atomic E-state index is 8.91. The Morgan fingerprint density at radius 2 is 2.11 bits per heavy atom. The van der Waals surface area contributed by atoms with Crippen molar-refractivity contribution in [1.82, 2.24) is 20.5 Å². The molecule has 19 heavy (non-hydrogen) atoms. The highest BCUT2D eigenvalue weighted by Crippen LogP contribution is 2.18. The maximum absolute atomic E-state index is 8.91. The zero-order chi connectivity index (χ0) is 13.1. The second-order valence-electron chi connectivity index (χ2n) is 4.41. The number of H-pyrrole nitrogens is 1. The van der Waals surface area contributed by atoms with Gasteiger partial charge in [-0.3, -0.25) is 5.10 Å². The molecule has 6 heteroatoms. The quantitative estimate of drug-likeness (QED) is 0.826. The van der Waals surface area contributed by atoms with E-state index < -0.39 is 0 Å². The zero-order valence-electron chi connectivity index (χ0n) is 10.4. The van der Waals surface area contributed by atoms with Gasteiger partial charge in [0, 0.05) is 31.7 Å². The van der Waals surface area contributed by atoms with Crippen LogP contribution in [-0.4, -0.2) is 41.4 Å². The lowest BCUT2D eigenvalue weighted by molar-refractivity contribution is 0.580. The number of piperazine rings is 1. The van der Waals surface area contributed by atoms with E-state index >= 15 is 0 Å². The normalized spacial score (nSPS) is 15.2. The van der Waals surface area contributed by atoms with Crippen LogP contribution in [0.25, 0.3) is 11.4 Å². The van der Waals surface area contributed by atoms with E-state index in [2.05, 4.69) is 31.5 Å². The highest BCUT2D eigenvalue weighted by atomic mass is 15.4. The summed E-state index contributed by atoms with van der Waals surface area (Å²) >= 11 is 0. The number of hydrogen-bond acceptors (Lipinski definition) is 5. The summed E-state index contributed by atoms with van der Waals surface area (Å²) in [6, 6.07) is 9.48. The average molecular weight is 254 g/mol. The molecule has 1 aromatic carbocycles. The van der Waals surface area contributed by atoms with Gasteiger partial charge in [0.05, 0.1) is 11.6 Å². The molecule has 1 fully saturated rings. The molecule has 1 aromatic heterocycles. The molecule has 0 amide bonds. The summed E-state index contributed by atoms with van der Waals surface area (Å²) in [4.78, 5) is 6.65. The molecular weight excluding hydrogens is 240 g/mol. The van der Waals surface area contributed by atoms with E-state index in [0.717, 1.165) is 37.7 Å². The van der Waals surface area contributed by atoms with Crippen LogP contribution in [0.1, 0.15) is 5.56 Å². The minimum absolute atomic E-state index is 0.623. The molecule has 2 aromatic rings. The van der Waals surface area contributed by atoms with E-state index in [1.807, 2.05) is 18.2 Å². The Bertz CT molecular complexity index is 606. The molecule has 1 saturated heterocycles. The molecule has 0 spiro atoms. The molecule has 0 unspecified atom stereocenters. The molecule has 2 heterocycles. The Morgan fingerprint density at radius 3 is 2.89 bits per heavy atom. The fraction of sp³-hybridized carbons (Fsp3) is 0.308. The first kappa shape index (κ1) is 11.7. The van der Waals surface area contributed by atoms with Crippen molar-refractivity contribution < 1.29 is 0 Å². The lowest BCUT2D eigenvalue weighted by Gasteiger charge is -2.25. The third kappa shape index (κ3) is 2.41. The van der Waals surface area contributed by atoms with Crippen LogP contribution in [0.4, 0.5) is 5.95 Å². The minimum atomic E-state index is 0.623. The van der Waals surface area contributed by atoms with Crippen molar-refractivity contribution in [3.8, 4) is 17.5 Å². The fourth-order valence-corrected chi connectivity index (χ4v) is 2.12. The van der Waals surface area contributed by atoms with Gasteiger partial charge in [-0.05, 0) is 12.1 Å². The van der Waals surface area contributed by atoms with Gasteiger partial charge in [0.25, 0.3) is 0 Å². The number of nitriles is 1. The molecule has 1 aliphatic heterocycles. The van der Waals surface area contributed by atoms with Gasteiger partial charge in [0.2, 0.25) is 5.95 Å². The SMILES string of the molecule is N#Cc1cccc(-c2nc(N3CCNCC3)n[nH]2)c1. The first-order valence-corrected chi connectivity index (χ1v) is 6.25. The molecule has 96 valence electrons. The summed E-state index contributed by atoms with van der Waals surface area (Å²) in [5.41, 5.74) is 1.51. The summed E-state index contributed by atoms with van der Waals surface area (Å²) in [6.07, 6.45) is 0. The number of aromatic nitrogens is 3. The van der Waals surface area contributed by atoms with E-state index in [1.165, 1.54) is 0 Å². The van der Waals surface area contributed by atoms with Crippen LogP contribution in [0.5, 0.6) is 0 Å². The summed E-state index contributed by atoms with van der Waals surface area (Å²) in [6.45, 7) is 3.73. The largest absolute Gasteiger partial charge is 0.337 e. The molecule has 2 N–H and O–H groups in total. The number of hydrogen-bond donors (Lipinski definition) is 2. The number of aromatic amines is 1. The minimum Gasteiger partial charge on any atom is -0.337 e. The van der Waals surface area contributed by atoms with Crippen molar-refractivity contribution in [2.45, 2.75) is 0 Å². The zero-order valence-corrected chi connectivity index (χ0v) is 10.4. The van der Waals surface area contributed by atoms with Gasteiger partial charge in [0.1, 0.15) is 0 Å². The van der Waals surface area contributed by atoms with E-state index in [0.29, 0.717) is 11.4 Å². The fourth-order valence-electron chi connectivity index (χ4n) is 2.12. The van der Waals surface area contributed by atoms with Crippen LogP contribution in [0.2, 0.25) is 0 Å². The van der Waals surface area contributed by atoms with Crippen molar-refractivity contribution in [2.75, 3.05) is 31.1 Å². The molecular formula is C13H14N6. The van der Waals surface area contributed by atoms with Gasteiger partial charge >= 0.3 is 0 Å². The monoisotopic (exact) mass is 254 g/mol. The van der Waals surface area contributed by atoms with Crippen molar-refractivity contribution in [3.63, 3.8) is 0 Å². The highest BCUT2D eigenvalue weighted by Gasteiger charge is 2.15. The molecule has 1 aliphatic rings. The van der Waals surface area contributed by atoms with Gasteiger partial charge in [-0.15, -0.1) is 5.10 Å². The Balaban J connectivity index is 1.86. The molecule has 0 bridgehead atoms. The summed E-state index contributed by atoms with van der Waals surface area (Å²) in [5, 5.41) is 19.4. The summed E-state index contributed by atoms with van der Waals surface area (Å²) in [5.74, 6) is 1.42. The lowest BCUT2D eigenvalue weighted by atomic mass is 10.1. The second-order valence-corrected chi connectivity index (χ2v) is 4.41. The highest BCUT2D eigenvalue weighted by molar-refractivity contribution is 5.59. The van der Waals surface area contributed by atoms with E-state index in [9.17, 15) is 0 Å². The Labute approximate surface area is 111 Å². The van der Waals surface area contributed by atoms with E-state index in [1.54, 1.807) is 6.07 Å². The predicted molar refractivity (Wildman–Crippen MR) is 71.6 cm³/mol. The predicted octanol–water partition coefficient (Wildman–Crippen LogP) is 0.753. The van der Waals surface area contributed by atoms with Gasteiger partial charge < -0.3 is 10.2 Å². The van der Waals surface area contributed by atoms with Crippen LogP contribution in [-0.2, 0) is 0 Å². The van der Waals surface area contributed by atoms with Crippen LogP contribution >= 0.6 is 0 Å². The number of nitrogens with zero attached hydrogens (tertiary/aromatic N) is 4. The standard InChI is InChI=1S/C13H14N6/c14-9-10-2-1-3-11(8-10)12-16-13(18-17-12)19-6-4-15-5-7-19/h1-3,8,15H,4-7H2,(H,16,17,18). The van der Waals surface area contributed by atoms with Crippen LogP contribution in [0.15, 0.2) is 24.3 Å². The number of benzene rings is 1. The van der Waals surface area contributed by atoms with Crippen molar-refractivity contribution >= 4 is 5.95 Å². The topological polar surface area (TPSA) is 80.6 Å². The smallest absolute Gasteiger partial charge is 0.245 e. The van der Waals surface area contributed by atoms with Gasteiger partial charge in [-0.2, -0.15) is 10.2 Å². The Kier molecular flexibility index (Phi) is 3.12. The Morgan fingerprint density at radius 1 is 1.26 bits per heavy atom. The van der Waals surface area contributed by atoms with E-state index in [4.69, 9.17) is 5.26 Å². The molecule has 0 atom stereocenters. The number of anilines is 1. The van der Waals surface area contributed by atoms with Crippen LogP contribution in [0, 0.1) is 11.3 Å². The molecule has 0 aliphatic carbocycles. The Hall–Kier alpha value is -2.39. The van der Waals surface area contributed by atoms with Crippen LogP contribution in [0.3, 0.4) is 0 Å². The molecule has 0 radical (unpaired) electrons. The van der Waals surface area contributed by atoms with Crippen molar-refractivity contribution in [3.05, 3.63) is 29.8 Å². The molecule has 0 saturated carbocycles. The van der Waals surface area contributed by atoms with Crippen LogP contribution < -0.4 is 10.2 Å². The van der Waals surface area contributed by atoms with Gasteiger partial charge in [0.15, 0.2) is 5.82 Å². The van der Waals surface area contributed by atoms with Crippen molar-refractivity contribution in [2.24, 2.45) is 0 Å². The van der Waals surface area contributed by atoms with E-state index in [-0.39, 0.29) is 0 Å². The third-order valence-corrected chi connectivity index (χ3v) is 3.14. The maximum Gasteiger partial charge on any atom is 0.245 e. The number of rotatable bonds is 2. The third-order valence-electron chi connectivity index (χ3n) is 3.14. The second kappa shape index (κ2) is 5.08. The number of nitrogens with one attached hydrogen (secondary N) is 2. The first-order chi connectivity index (χ1) is 9.36. The lowest BCUT2D eigenvalue weighted by Crippen LogP contribution is -2.44. The van der Waals surface area contributed by atoms with Crippen molar-refractivity contribution in [1.29, 1.82) is 5.26 Å². The van der Waals surface area contributed by atoms with Gasteiger partial charge in [-0.25, -0.2) is 0 Å². The molecule has 6 nitrogen and oxygen atoms in total. The van der Waals surface area contributed by atoms with Gasteiger partial charge in [-0.1, -0.05) is 12.1 Å². The summed E-state index contributed by atoms with van der Waals surface area (Å²) < 4.78 is 0. The average Bonchev–Trinajstić information content (AvgIpc) is 2.98.